The summed E-state index contributed by atoms with van der Waals surface area (Å²) < 4.78 is 0. The highest BCUT2D eigenvalue weighted by atomic mass is 14.8. The van der Waals surface area contributed by atoms with Gasteiger partial charge in [-0.3, -0.25) is 0 Å². The summed E-state index contributed by atoms with van der Waals surface area (Å²) in [4.78, 5) is 0. The van der Waals surface area contributed by atoms with Gasteiger partial charge in [0.1, 0.15) is 0 Å². The number of hydrogen-bond acceptors (Lipinski definition) is 2. The Balaban J connectivity index is 4.36. The second kappa shape index (κ2) is 4.97. The van der Waals surface area contributed by atoms with Crippen molar-refractivity contribution in [3.63, 3.8) is 0 Å². The minimum absolute atomic E-state index is 0.0548. The molecule has 0 heterocycles. The van der Waals surface area contributed by atoms with E-state index in [9.17, 15) is 0 Å². The fraction of sp³-hybridized carbons (Fsp3) is 1.00. The Kier molecular flexibility index (Phi) is 4.93. The van der Waals surface area contributed by atoms with Crippen LogP contribution in [-0.4, -0.2) is 11.1 Å². The molecule has 0 aliphatic heterocycles. The van der Waals surface area contributed by atoms with Crippen LogP contribution < -0.4 is 11.5 Å². The van der Waals surface area contributed by atoms with Crippen molar-refractivity contribution in [2.24, 2.45) is 11.5 Å². The molecule has 2 heteroatoms. The normalized spacial score (nSPS) is 13.4. The van der Waals surface area contributed by atoms with Gasteiger partial charge >= 0.3 is 0 Å². The summed E-state index contributed by atoms with van der Waals surface area (Å²) in [6.07, 6.45) is 5.01. The number of rotatable bonds is 6. The van der Waals surface area contributed by atoms with Crippen molar-refractivity contribution in [3.05, 3.63) is 0 Å². The fourth-order valence-corrected chi connectivity index (χ4v) is 1.70. The highest BCUT2D eigenvalue weighted by Crippen LogP contribution is 2.27. The van der Waals surface area contributed by atoms with Gasteiger partial charge in [-0.1, -0.05) is 27.7 Å². The number of nitrogens with two attached hydrogens (primary N) is 2. The van der Waals surface area contributed by atoms with Crippen molar-refractivity contribution >= 4 is 0 Å². The van der Waals surface area contributed by atoms with E-state index in [1.54, 1.807) is 0 Å². The third kappa shape index (κ3) is 3.65. The predicted octanol–water partition coefficient (Wildman–Crippen LogP) is 2.41. The van der Waals surface area contributed by atoms with Crippen LogP contribution in [0.15, 0.2) is 0 Å². The van der Waals surface area contributed by atoms with Gasteiger partial charge < -0.3 is 11.5 Å². The van der Waals surface area contributed by atoms with Crippen molar-refractivity contribution in [1.29, 1.82) is 0 Å². The van der Waals surface area contributed by atoms with E-state index >= 15 is 0 Å². The van der Waals surface area contributed by atoms with Crippen molar-refractivity contribution in [2.45, 2.75) is 70.9 Å². The van der Waals surface area contributed by atoms with Gasteiger partial charge in [0.25, 0.3) is 0 Å². The van der Waals surface area contributed by atoms with Gasteiger partial charge in [0.2, 0.25) is 0 Å². The molecule has 0 aromatic heterocycles. The second-order valence-corrected chi connectivity index (χ2v) is 4.32. The Morgan fingerprint density at radius 2 is 0.923 bits per heavy atom. The Hall–Kier alpha value is -0.0800. The smallest absolute Gasteiger partial charge is 0.0166 e. The maximum atomic E-state index is 6.25. The van der Waals surface area contributed by atoms with Crippen LogP contribution in [0.4, 0.5) is 0 Å². The average Bonchev–Trinajstić information content (AvgIpc) is 2.17. The van der Waals surface area contributed by atoms with E-state index in [0.717, 1.165) is 32.1 Å². The first kappa shape index (κ1) is 12.9. The zero-order valence-corrected chi connectivity index (χ0v) is 9.69. The molecule has 0 amide bonds. The molecule has 0 unspecified atom stereocenters. The topological polar surface area (TPSA) is 52.0 Å². The molecule has 13 heavy (non-hydrogen) atoms. The van der Waals surface area contributed by atoms with Gasteiger partial charge in [-0.25, -0.2) is 0 Å². The van der Waals surface area contributed by atoms with E-state index in [1.165, 1.54) is 0 Å². The summed E-state index contributed by atoms with van der Waals surface area (Å²) in [5, 5.41) is 0. The molecular formula is C11H26N2. The predicted molar refractivity (Wildman–Crippen MR) is 59.6 cm³/mol. The third-order valence-electron chi connectivity index (χ3n) is 3.52. The lowest BCUT2D eigenvalue weighted by atomic mass is 9.77. The van der Waals surface area contributed by atoms with Crippen LogP contribution in [0, 0.1) is 0 Å². The summed E-state index contributed by atoms with van der Waals surface area (Å²) >= 11 is 0. The maximum Gasteiger partial charge on any atom is 0.0166 e. The van der Waals surface area contributed by atoms with E-state index in [1.807, 2.05) is 0 Å². The molecule has 0 aliphatic carbocycles. The first-order valence-electron chi connectivity index (χ1n) is 5.53. The average molecular weight is 186 g/mol. The molecule has 0 spiro atoms. The highest BCUT2D eigenvalue weighted by Gasteiger charge is 2.31. The third-order valence-corrected chi connectivity index (χ3v) is 3.52. The molecule has 0 fully saturated rings. The minimum Gasteiger partial charge on any atom is -0.325 e. The molecule has 0 saturated carbocycles. The standard InChI is InChI=1S/C11H26N2/c1-5-10(12,6-2)9-11(13,7-3)8-4/h5-9,12-13H2,1-4H3. The zero-order chi connectivity index (χ0) is 10.5. The lowest BCUT2D eigenvalue weighted by Crippen LogP contribution is -2.51. The summed E-state index contributed by atoms with van der Waals surface area (Å²) in [5.41, 5.74) is 12.4. The van der Waals surface area contributed by atoms with Gasteiger partial charge in [-0.05, 0) is 32.1 Å². The zero-order valence-electron chi connectivity index (χ0n) is 9.69. The maximum absolute atomic E-state index is 6.25. The summed E-state index contributed by atoms with van der Waals surface area (Å²) in [6, 6.07) is 0. The lowest BCUT2D eigenvalue weighted by Gasteiger charge is -2.37. The molecule has 4 N–H and O–H groups in total. The molecule has 0 radical (unpaired) electrons. The molecule has 0 aromatic rings. The lowest BCUT2D eigenvalue weighted by molar-refractivity contribution is 0.248. The van der Waals surface area contributed by atoms with E-state index in [0.29, 0.717) is 0 Å². The van der Waals surface area contributed by atoms with Gasteiger partial charge in [-0.2, -0.15) is 0 Å². The van der Waals surface area contributed by atoms with Crippen LogP contribution in [0.2, 0.25) is 0 Å². The quantitative estimate of drug-likeness (QED) is 0.669. The Labute approximate surface area is 83.1 Å². The fourth-order valence-electron chi connectivity index (χ4n) is 1.70. The highest BCUT2D eigenvalue weighted by molar-refractivity contribution is 4.93. The van der Waals surface area contributed by atoms with Crippen molar-refractivity contribution in [3.8, 4) is 0 Å². The molecule has 80 valence electrons. The van der Waals surface area contributed by atoms with E-state index in [-0.39, 0.29) is 11.1 Å². The monoisotopic (exact) mass is 186 g/mol. The number of hydrogen-bond donors (Lipinski definition) is 2. The first-order valence-corrected chi connectivity index (χ1v) is 5.53. The van der Waals surface area contributed by atoms with Crippen molar-refractivity contribution < 1.29 is 0 Å². The molecule has 0 atom stereocenters. The van der Waals surface area contributed by atoms with E-state index in [2.05, 4.69) is 27.7 Å². The minimum atomic E-state index is -0.0548. The van der Waals surface area contributed by atoms with Crippen LogP contribution in [0.1, 0.15) is 59.8 Å². The Morgan fingerprint density at radius 3 is 1.08 bits per heavy atom. The van der Waals surface area contributed by atoms with Crippen molar-refractivity contribution in [2.75, 3.05) is 0 Å². The Bertz CT molecular complexity index is 119. The molecule has 0 saturated heterocycles. The van der Waals surface area contributed by atoms with Crippen LogP contribution in [0.25, 0.3) is 0 Å². The van der Waals surface area contributed by atoms with Crippen LogP contribution in [-0.2, 0) is 0 Å². The van der Waals surface area contributed by atoms with Gasteiger partial charge in [0, 0.05) is 11.1 Å². The van der Waals surface area contributed by atoms with Gasteiger partial charge in [0.15, 0.2) is 0 Å². The van der Waals surface area contributed by atoms with Gasteiger partial charge in [-0.15, -0.1) is 0 Å². The second-order valence-electron chi connectivity index (χ2n) is 4.32. The largest absolute Gasteiger partial charge is 0.325 e. The Morgan fingerprint density at radius 1 is 0.692 bits per heavy atom. The van der Waals surface area contributed by atoms with Gasteiger partial charge in [0.05, 0.1) is 0 Å². The van der Waals surface area contributed by atoms with Crippen LogP contribution in [0.3, 0.4) is 0 Å². The summed E-state index contributed by atoms with van der Waals surface area (Å²) in [6.45, 7) is 8.59. The molecule has 0 rings (SSSR count). The molecule has 0 aliphatic rings. The first-order chi connectivity index (χ1) is 5.95. The SMILES string of the molecule is CCC(N)(CC)CC(N)(CC)CC. The molecular weight excluding hydrogens is 160 g/mol. The van der Waals surface area contributed by atoms with E-state index in [4.69, 9.17) is 11.5 Å². The molecule has 0 bridgehead atoms. The van der Waals surface area contributed by atoms with Crippen LogP contribution in [0.5, 0.6) is 0 Å². The summed E-state index contributed by atoms with van der Waals surface area (Å²) in [5.74, 6) is 0. The summed E-state index contributed by atoms with van der Waals surface area (Å²) in [7, 11) is 0. The van der Waals surface area contributed by atoms with E-state index < -0.39 is 0 Å². The van der Waals surface area contributed by atoms with Crippen LogP contribution >= 0.6 is 0 Å². The van der Waals surface area contributed by atoms with Crippen molar-refractivity contribution in [1.82, 2.24) is 0 Å². The molecule has 0 aromatic carbocycles. The molecule has 2 nitrogen and oxygen atoms in total.